The number of thioether (sulfide) groups is 1. The molecule has 1 amide bonds. The first-order valence-corrected chi connectivity index (χ1v) is 9.33. The number of nitrogens with zero attached hydrogens (tertiary/aromatic N) is 2. The molecule has 1 unspecified atom stereocenters. The van der Waals surface area contributed by atoms with Crippen LogP contribution in [0.4, 0.5) is 5.69 Å². The van der Waals surface area contributed by atoms with Gasteiger partial charge in [0.1, 0.15) is 10.9 Å². The number of nitrogens with one attached hydrogen (secondary N) is 1. The molecule has 0 saturated heterocycles. The molecule has 0 aliphatic carbocycles. The lowest BCUT2D eigenvalue weighted by Gasteiger charge is -2.30. The van der Waals surface area contributed by atoms with E-state index < -0.39 is 0 Å². The van der Waals surface area contributed by atoms with Crippen LogP contribution in [0.3, 0.4) is 0 Å². The molecule has 130 valence electrons. The van der Waals surface area contributed by atoms with Crippen LogP contribution in [-0.2, 0) is 10.3 Å². The second kappa shape index (κ2) is 7.45. The van der Waals surface area contributed by atoms with Crippen molar-refractivity contribution >= 4 is 45.8 Å². The van der Waals surface area contributed by atoms with Crippen molar-refractivity contribution in [2.75, 3.05) is 11.1 Å². The maximum Gasteiger partial charge on any atom is 0.274 e. The molecule has 0 fully saturated rings. The largest absolute Gasteiger partial charge is 0.379 e. The fraction of sp³-hybridized carbons (Fsp3) is 0.278. The monoisotopic (exact) mass is 374 g/mol. The van der Waals surface area contributed by atoms with E-state index in [4.69, 9.17) is 17.3 Å². The third-order valence-corrected chi connectivity index (χ3v) is 5.13. The summed E-state index contributed by atoms with van der Waals surface area (Å²) < 4.78 is 0. The molecule has 2 aliphatic heterocycles. The molecule has 0 bridgehead atoms. The van der Waals surface area contributed by atoms with Crippen LogP contribution in [0.1, 0.15) is 25.3 Å². The van der Waals surface area contributed by atoms with Gasteiger partial charge in [-0.05, 0) is 49.6 Å². The van der Waals surface area contributed by atoms with Gasteiger partial charge in [-0.1, -0.05) is 41.6 Å². The number of amidine groups is 1. The molecular weight excluding hydrogens is 356 g/mol. The topological polar surface area (TPSA) is 79.8 Å². The molecule has 7 heteroatoms. The Bertz CT molecular complexity index is 815. The number of aliphatic imine (C=N–C) groups is 2. The van der Waals surface area contributed by atoms with Crippen LogP contribution in [0.15, 0.2) is 57.6 Å². The minimum absolute atomic E-state index is 0.284. The zero-order valence-electron chi connectivity index (χ0n) is 13.8. The van der Waals surface area contributed by atoms with Gasteiger partial charge < -0.3 is 11.1 Å². The maximum absolute atomic E-state index is 12.5. The Morgan fingerprint density at radius 1 is 1.44 bits per heavy atom. The van der Waals surface area contributed by atoms with Crippen LogP contribution >= 0.6 is 23.4 Å². The van der Waals surface area contributed by atoms with Gasteiger partial charge in [-0.25, -0.2) is 4.99 Å². The van der Waals surface area contributed by atoms with Gasteiger partial charge in [-0.3, -0.25) is 9.79 Å². The van der Waals surface area contributed by atoms with Gasteiger partial charge in [-0.15, -0.1) is 0 Å². The maximum atomic E-state index is 12.5. The number of hydrogen-bond donors (Lipinski definition) is 2. The van der Waals surface area contributed by atoms with Gasteiger partial charge in [0.25, 0.3) is 5.91 Å². The highest BCUT2D eigenvalue weighted by Gasteiger charge is 2.29. The average Bonchev–Trinajstić information content (AvgIpc) is 2.79. The minimum atomic E-state index is -0.373. The zero-order chi connectivity index (χ0) is 17.9. The third-order valence-electron chi connectivity index (χ3n) is 4.10. The van der Waals surface area contributed by atoms with Gasteiger partial charge in [0.2, 0.25) is 0 Å². The predicted octanol–water partition coefficient (Wildman–Crippen LogP) is 3.77. The highest BCUT2D eigenvalue weighted by Crippen LogP contribution is 2.35. The Morgan fingerprint density at radius 2 is 2.28 bits per heavy atom. The van der Waals surface area contributed by atoms with Crippen molar-refractivity contribution in [3.8, 4) is 0 Å². The Morgan fingerprint density at radius 3 is 3.08 bits per heavy atom. The Labute approximate surface area is 156 Å². The number of amides is 1. The van der Waals surface area contributed by atoms with Gasteiger partial charge in [-0.2, -0.15) is 0 Å². The number of rotatable bonds is 3. The van der Waals surface area contributed by atoms with E-state index in [0.29, 0.717) is 22.4 Å². The standard InChI is InChI=1S/C18H19ClN4OS/c1-18(9-10-25-17(20)23-18)12-5-4-6-13(11-12)21-16(24)14-7-2-3-8-15(19)22-14/h2,4-8,11H,3,9-10H2,1H3,(H2,20,23)(H,21,24). The van der Waals surface area contributed by atoms with Gasteiger partial charge in [0.15, 0.2) is 5.17 Å². The normalized spacial score (nSPS) is 23.2. The highest BCUT2D eigenvalue weighted by molar-refractivity contribution is 8.13. The molecule has 0 aromatic heterocycles. The van der Waals surface area contributed by atoms with Crippen molar-refractivity contribution in [1.82, 2.24) is 0 Å². The Hall–Kier alpha value is -2.05. The summed E-state index contributed by atoms with van der Waals surface area (Å²) in [5.41, 5.74) is 7.51. The lowest BCUT2D eigenvalue weighted by atomic mass is 9.89. The van der Waals surface area contributed by atoms with Crippen molar-refractivity contribution in [1.29, 1.82) is 0 Å². The smallest absolute Gasteiger partial charge is 0.274 e. The van der Waals surface area contributed by atoms with Gasteiger partial charge in [0, 0.05) is 11.4 Å². The van der Waals surface area contributed by atoms with E-state index in [1.165, 1.54) is 0 Å². The van der Waals surface area contributed by atoms with E-state index in [2.05, 4.69) is 22.2 Å². The number of carbonyl (C=O) groups is 1. The van der Waals surface area contributed by atoms with Crippen molar-refractivity contribution < 1.29 is 4.79 Å². The first-order valence-electron chi connectivity index (χ1n) is 7.97. The SMILES string of the molecule is CC1(c2cccc(NC(=O)C3=NC(Cl)=CCC=C3)c2)CCSC(N)=N1. The number of halogens is 1. The molecular formula is C18H19ClN4OS. The first kappa shape index (κ1) is 17.8. The first-order chi connectivity index (χ1) is 12.0. The summed E-state index contributed by atoms with van der Waals surface area (Å²) in [6.07, 6.45) is 6.83. The summed E-state index contributed by atoms with van der Waals surface area (Å²) in [7, 11) is 0. The lowest BCUT2D eigenvalue weighted by molar-refractivity contribution is -0.110. The summed E-state index contributed by atoms with van der Waals surface area (Å²) in [5, 5.41) is 3.80. The summed E-state index contributed by atoms with van der Waals surface area (Å²) in [6, 6.07) is 7.68. The van der Waals surface area contributed by atoms with E-state index in [1.54, 1.807) is 23.9 Å². The summed E-state index contributed by atoms with van der Waals surface area (Å²) in [4.78, 5) is 21.2. The summed E-state index contributed by atoms with van der Waals surface area (Å²) in [5.74, 6) is 0.628. The number of nitrogens with two attached hydrogens (primary N) is 1. The fourth-order valence-electron chi connectivity index (χ4n) is 2.69. The predicted molar refractivity (Wildman–Crippen MR) is 106 cm³/mol. The number of benzene rings is 1. The molecule has 2 heterocycles. The van der Waals surface area contributed by atoms with Gasteiger partial charge in [0.05, 0.1) is 5.54 Å². The van der Waals surface area contributed by atoms with Crippen LogP contribution in [0, 0.1) is 0 Å². The van der Waals surface area contributed by atoms with Crippen molar-refractivity contribution in [3.05, 3.63) is 53.2 Å². The van der Waals surface area contributed by atoms with E-state index in [0.717, 1.165) is 17.7 Å². The molecule has 1 aromatic carbocycles. The minimum Gasteiger partial charge on any atom is -0.379 e. The Kier molecular flexibility index (Phi) is 5.30. The molecule has 1 atom stereocenters. The highest BCUT2D eigenvalue weighted by atomic mass is 35.5. The number of carbonyl (C=O) groups excluding carboxylic acids is 1. The van der Waals surface area contributed by atoms with E-state index in [1.807, 2.05) is 30.3 Å². The lowest BCUT2D eigenvalue weighted by Crippen LogP contribution is -2.29. The van der Waals surface area contributed by atoms with Crippen LogP contribution in [0.5, 0.6) is 0 Å². The molecule has 0 saturated carbocycles. The molecule has 3 rings (SSSR count). The molecule has 3 N–H and O–H groups in total. The number of allylic oxidation sites excluding steroid dienone is 2. The molecule has 0 radical (unpaired) electrons. The number of anilines is 1. The summed E-state index contributed by atoms with van der Waals surface area (Å²) in [6.45, 7) is 2.06. The van der Waals surface area contributed by atoms with Crippen molar-refractivity contribution in [2.45, 2.75) is 25.3 Å². The van der Waals surface area contributed by atoms with Crippen LogP contribution in [0.2, 0.25) is 0 Å². The van der Waals surface area contributed by atoms with E-state index in [9.17, 15) is 4.79 Å². The van der Waals surface area contributed by atoms with E-state index in [-0.39, 0.29) is 17.2 Å². The number of hydrogen-bond acceptors (Lipinski definition) is 5. The molecule has 1 aromatic rings. The summed E-state index contributed by atoms with van der Waals surface area (Å²) >= 11 is 7.51. The second-order valence-electron chi connectivity index (χ2n) is 6.02. The molecule has 25 heavy (non-hydrogen) atoms. The molecule has 2 aliphatic rings. The van der Waals surface area contributed by atoms with Crippen LogP contribution in [0.25, 0.3) is 0 Å². The molecule has 5 nitrogen and oxygen atoms in total. The van der Waals surface area contributed by atoms with Crippen LogP contribution < -0.4 is 11.1 Å². The Balaban J connectivity index is 1.82. The van der Waals surface area contributed by atoms with Crippen LogP contribution in [-0.4, -0.2) is 22.5 Å². The average molecular weight is 375 g/mol. The van der Waals surface area contributed by atoms with Crippen molar-refractivity contribution in [3.63, 3.8) is 0 Å². The third kappa shape index (κ3) is 4.32. The fourth-order valence-corrected chi connectivity index (χ4v) is 3.85. The quantitative estimate of drug-likeness (QED) is 0.790. The van der Waals surface area contributed by atoms with Crippen molar-refractivity contribution in [2.24, 2.45) is 15.7 Å². The zero-order valence-corrected chi connectivity index (χ0v) is 15.4. The van der Waals surface area contributed by atoms with E-state index >= 15 is 0 Å². The molecule has 0 spiro atoms. The second-order valence-corrected chi connectivity index (χ2v) is 7.52. The van der Waals surface area contributed by atoms with Gasteiger partial charge >= 0.3 is 0 Å².